The van der Waals surface area contributed by atoms with Gasteiger partial charge >= 0.3 is 5.97 Å². The topological polar surface area (TPSA) is 131 Å². The molecule has 10 heteroatoms. The van der Waals surface area contributed by atoms with Crippen LogP contribution in [-0.4, -0.2) is 51.5 Å². The van der Waals surface area contributed by atoms with Gasteiger partial charge in [-0.05, 0) is 66.5 Å². The number of nitrogens with zero attached hydrogens (tertiary/aromatic N) is 2. The quantitative estimate of drug-likeness (QED) is 0.0999. The highest BCUT2D eigenvalue weighted by Crippen LogP contribution is 2.30. The van der Waals surface area contributed by atoms with Crippen LogP contribution in [0.2, 0.25) is 0 Å². The highest BCUT2D eigenvalue weighted by atomic mass is 32.1. The summed E-state index contributed by atoms with van der Waals surface area (Å²) in [4.78, 5) is 49.2. The summed E-state index contributed by atoms with van der Waals surface area (Å²) in [5.41, 5.74) is 3.51. The number of carbonyl (C=O) groups is 3. The van der Waals surface area contributed by atoms with Crippen molar-refractivity contribution in [2.75, 3.05) is 6.61 Å². The van der Waals surface area contributed by atoms with Crippen molar-refractivity contribution in [3.8, 4) is 28.3 Å². The van der Waals surface area contributed by atoms with E-state index < -0.39 is 17.9 Å². The van der Waals surface area contributed by atoms with Crippen LogP contribution in [0, 0.1) is 5.92 Å². The Morgan fingerprint density at radius 2 is 1.57 bits per heavy atom. The molecule has 3 unspecified atom stereocenters. The van der Waals surface area contributed by atoms with Crippen molar-refractivity contribution in [1.29, 1.82) is 0 Å². The Labute approximate surface area is 305 Å². The van der Waals surface area contributed by atoms with Crippen LogP contribution in [0.5, 0.6) is 5.75 Å². The molecule has 0 spiro atoms. The van der Waals surface area contributed by atoms with Crippen LogP contribution in [0.15, 0.2) is 73.1 Å². The Hall–Kier alpha value is -4.57. The summed E-state index contributed by atoms with van der Waals surface area (Å²) < 4.78 is 5.90. The van der Waals surface area contributed by atoms with E-state index in [2.05, 4.69) is 48.3 Å². The molecule has 51 heavy (non-hydrogen) atoms. The van der Waals surface area contributed by atoms with Gasteiger partial charge in [-0.15, -0.1) is 11.3 Å². The van der Waals surface area contributed by atoms with Crippen molar-refractivity contribution >= 4 is 29.1 Å². The smallest absolute Gasteiger partial charge is 0.306 e. The third kappa shape index (κ3) is 10.7. The fourth-order valence-electron chi connectivity index (χ4n) is 6.23. The fourth-order valence-corrected chi connectivity index (χ4v) is 7.20. The van der Waals surface area contributed by atoms with E-state index in [1.165, 1.54) is 37.0 Å². The monoisotopic (exact) mass is 710 g/mol. The number of ether oxygens (including phenoxy) is 1. The van der Waals surface area contributed by atoms with Gasteiger partial charge in [-0.3, -0.25) is 14.4 Å². The van der Waals surface area contributed by atoms with E-state index in [0.717, 1.165) is 45.9 Å². The van der Waals surface area contributed by atoms with Crippen molar-refractivity contribution in [3.63, 3.8) is 0 Å². The van der Waals surface area contributed by atoms with Gasteiger partial charge < -0.3 is 20.5 Å². The first-order chi connectivity index (χ1) is 24.5. The fraction of sp³-hybridized carbons (Fsp3) is 0.439. The van der Waals surface area contributed by atoms with Crippen LogP contribution in [0.4, 0.5) is 0 Å². The molecule has 2 aromatic heterocycles. The second kappa shape index (κ2) is 17.6. The summed E-state index contributed by atoms with van der Waals surface area (Å²) >= 11 is 1.42. The van der Waals surface area contributed by atoms with Crippen molar-refractivity contribution in [3.05, 3.63) is 88.4 Å². The summed E-state index contributed by atoms with van der Waals surface area (Å²) in [6, 6.07) is 18.3. The van der Waals surface area contributed by atoms with Gasteiger partial charge in [0.05, 0.1) is 17.4 Å². The number of nitrogens with one attached hydrogen (secondary N) is 2. The number of benzene rings is 2. The minimum Gasteiger partial charge on any atom is -0.494 e. The van der Waals surface area contributed by atoms with Gasteiger partial charge in [-0.1, -0.05) is 89.8 Å². The molecule has 1 aliphatic carbocycles. The molecule has 1 saturated carbocycles. The molecule has 3 N–H and O–H groups in total. The average molecular weight is 711 g/mol. The molecule has 0 radical (unpaired) electrons. The molecule has 2 amide bonds. The lowest BCUT2D eigenvalue weighted by molar-refractivity contribution is -0.141. The van der Waals surface area contributed by atoms with Gasteiger partial charge in [0.2, 0.25) is 5.91 Å². The first-order valence-electron chi connectivity index (χ1n) is 18.1. The zero-order valence-corrected chi connectivity index (χ0v) is 30.9. The van der Waals surface area contributed by atoms with Crippen molar-refractivity contribution in [2.24, 2.45) is 5.92 Å². The van der Waals surface area contributed by atoms with E-state index in [1.807, 2.05) is 67.0 Å². The van der Waals surface area contributed by atoms with Gasteiger partial charge in [-0.2, -0.15) is 0 Å². The molecule has 2 aromatic carbocycles. The van der Waals surface area contributed by atoms with E-state index in [9.17, 15) is 19.5 Å². The minimum absolute atomic E-state index is 0.0946. The van der Waals surface area contributed by atoms with Gasteiger partial charge in [-0.25, -0.2) is 9.97 Å². The van der Waals surface area contributed by atoms with Crippen LogP contribution >= 0.6 is 11.3 Å². The summed E-state index contributed by atoms with van der Waals surface area (Å²) in [5, 5.41) is 15.4. The molecule has 5 rings (SSSR count). The average Bonchev–Trinajstić information content (AvgIpc) is 3.82. The molecule has 1 aliphatic rings. The third-order valence-corrected chi connectivity index (χ3v) is 10.8. The molecule has 2 heterocycles. The zero-order chi connectivity index (χ0) is 36.4. The number of carbonyl (C=O) groups excluding carboxylic acids is 2. The molecule has 0 saturated heterocycles. The molecule has 0 aliphatic heterocycles. The van der Waals surface area contributed by atoms with Crippen molar-refractivity contribution in [2.45, 2.75) is 103 Å². The SMILES string of the molecule is CCCCCCCOc1ccc(-c2cnc(-c3ccc(CC(NC(=O)c4ccc(C(C)(C)C)s4)C(=O)NC4CCC(C(=O)O)C4)cc3)nc2)cc1. The number of unbranched alkanes of at least 4 members (excludes halogenated alkanes) is 4. The van der Waals surface area contributed by atoms with Crippen LogP contribution in [0.3, 0.4) is 0 Å². The maximum atomic E-state index is 13.6. The van der Waals surface area contributed by atoms with Gasteiger partial charge in [0.1, 0.15) is 11.8 Å². The predicted octanol–water partition coefficient (Wildman–Crippen LogP) is 8.23. The molecule has 4 aromatic rings. The van der Waals surface area contributed by atoms with Crippen LogP contribution < -0.4 is 15.4 Å². The van der Waals surface area contributed by atoms with Gasteiger partial charge in [0, 0.05) is 40.9 Å². The Bertz CT molecular complexity index is 1750. The van der Waals surface area contributed by atoms with E-state index in [4.69, 9.17) is 4.74 Å². The van der Waals surface area contributed by atoms with E-state index in [1.54, 1.807) is 6.07 Å². The van der Waals surface area contributed by atoms with Crippen molar-refractivity contribution in [1.82, 2.24) is 20.6 Å². The number of hydrogen-bond donors (Lipinski definition) is 3. The standard InChI is InChI=1S/C41H50N4O5S/c1-5-6-7-8-9-22-50-33-18-15-28(16-19-33)31-25-42-37(43-26-31)29-12-10-27(11-13-29)23-34(38(46)44-32-17-14-30(24-32)40(48)49)45-39(47)35-20-21-36(51-35)41(2,3)4/h10-13,15-16,18-21,25-26,30,32,34H,5-9,14,17,22-24H2,1-4H3,(H,44,46)(H,45,47)(H,48,49). The lowest BCUT2D eigenvalue weighted by Crippen LogP contribution is -2.50. The lowest BCUT2D eigenvalue weighted by atomic mass is 9.95. The Morgan fingerprint density at radius 3 is 2.20 bits per heavy atom. The second-order valence-corrected chi connectivity index (χ2v) is 15.6. The predicted molar refractivity (Wildman–Crippen MR) is 202 cm³/mol. The van der Waals surface area contributed by atoms with Gasteiger partial charge in [0.15, 0.2) is 5.82 Å². The summed E-state index contributed by atoms with van der Waals surface area (Å²) in [6.45, 7) is 9.23. The number of amides is 2. The molecule has 270 valence electrons. The second-order valence-electron chi connectivity index (χ2n) is 14.5. The summed E-state index contributed by atoms with van der Waals surface area (Å²) in [7, 11) is 0. The number of rotatable bonds is 16. The molecular weight excluding hydrogens is 661 g/mol. The minimum atomic E-state index is -0.842. The number of carboxylic acid groups (broad SMARTS) is 1. The van der Waals surface area contributed by atoms with E-state index in [-0.39, 0.29) is 29.7 Å². The number of thiophene rings is 1. The lowest BCUT2D eigenvalue weighted by Gasteiger charge is -2.21. The largest absolute Gasteiger partial charge is 0.494 e. The van der Waals surface area contributed by atoms with E-state index in [0.29, 0.717) is 30.0 Å². The summed E-state index contributed by atoms with van der Waals surface area (Å²) in [5.74, 6) is -0.503. The molecule has 9 nitrogen and oxygen atoms in total. The van der Waals surface area contributed by atoms with Gasteiger partial charge in [0.25, 0.3) is 5.91 Å². The number of hydrogen-bond acceptors (Lipinski definition) is 7. The highest BCUT2D eigenvalue weighted by molar-refractivity contribution is 7.14. The first-order valence-corrected chi connectivity index (χ1v) is 18.9. The number of carboxylic acids is 1. The summed E-state index contributed by atoms with van der Waals surface area (Å²) in [6.07, 6.45) is 11.4. The molecular formula is C41H50N4O5S. The normalized spacial score (nSPS) is 16.4. The highest BCUT2D eigenvalue weighted by Gasteiger charge is 2.33. The molecule has 3 atom stereocenters. The third-order valence-electron chi connectivity index (χ3n) is 9.33. The van der Waals surface area contributed by atoms with Crippen LogP contribution in [0.1, 0.15) is 99.2 Å². The number of aromatic nitrogens is 2. The number of aliphatic carboxylic acids is 1. The molecule has 0 bridgehead atoms. The Balaban J connectivity index is 1.22. The maximum absolute atomic E-state index is 13.6. The van der Waals surface area contributed by atoms with Crippen LogP contribution in [-0.2, 0) is 21.4 Å². The first kappa shape index (κ1) is 37.7. The Kier molecular flexibility index (Phi) is 13.0. The molecule has 1 fully saturated rings. The van der Waals surface area contributed by atoms with E-state index >= 15 is 0 Å². The maximum Gasteiger partial charge on any atom is 0.306 e. The zero-order valence-electron chi connectivity index (χ0n) is 30.1. The Morgan fingerprint density at radius 1 is 0.882 bits per heavy atom. The van der Waals surface area contributed by atoms with Crippen LogP contribution in [0.25, 0.3) is 22.5 Å². The van der Waals surface area contributed by atoms with Crippen molar-refractivity contribution < 1.29 is 24.2 Å².